The average molecular weight is 340 g/mol. The summed E-state index contributed by atoms with van der Waals surface area (Å²) in [6.45, 7) is 8.14. The first-order valence-corrected chi connectivity index (χ1v) is 8.72. The third kappa shape index (κ3) is 3.29. The molecule has 6 heteroatoms. The van der Waals surface area contributed by atoms with Crippen molar-refractivity contribution >= 4 is 11.9 Å². The standard InChI is InChI=1S/C19H24N4O2/c1-5-7-15-16(18(24)25-6-2)17(14-10-8-12(3)9-11-14)23-19(21-15)20-13(4)22-23/h8-11,17H,5-7H2,1-4H3,(H,20,21,22)/t17-/m0/s1. The summed E-state index contributed by atoms with van der Waals surface area (Å²) in [5, 5.41) is 7.81. The van der Waals surface area contributed by atoms with Crippen LogP contribution < -0.4 is 5.32 Å². The number of carbonyl (C=O) groups is 1. The van der Waals surface area contributed by atoms with Crippen molar-refractivity contribution in [3.8, 4) is 0 Å². The van der Waals surface area contributed by atoms with Crippen LogP contribution in [-0.4, -0.2) is 27.3 Å². The van der Waals surface area contributed by atoms with Gasteiger partial charge in [0.2, 0.25) is 5.95 Å². The maximum absolute atomic E-state index is 12.8. The maximum atomic E-state index is 12.8. The first-order chi connectivity index (χ1) is 12.0. The predicted octanol–water partition coefficient (Wildman–Crippen LogP) is 3.53. The number of allylic oxidation sites excluding steroid dienone is 1. The number of anilines is 1. The van der Waals surface area contributed by atoms with Crippen LogP contribution in [0.25, 0.3) is 0 Å². The topological polar surface area (TPSA) is 69.0 Å². The molecule has 0 bridgehead atoms. The first-order valence-electron chi connectivity index (χ1n) is 8.72. The molecule has 1 atom stereocenters. The Bertz CT molecular complexity index is 805. The van der Waals surface area contributed by atoms with Crippen LogP contribution in [0.1, 0.15) is 49.7 Å². The summed E-state index contributed by atoms with van der Waals surface area (Å²) in [6.07, 6.45) is 1.67. The number of fused-ring (bicyclic) bond motifs is 1. The zero-order valence-corrected chi connectivity index (χ0v) is 15.2. The number of hydrogen-bond acceptors (Lipinski definition) is 5. The minimum absolute atomic E-state index is 0.303. The molecule has 1 aliphatic rings. The molecule has 1 aromatic heterocycles. The van der Waals surface area contributed by atoms with Crippen LogP contribution in [-0.2, 0) is 9.53 Å². The lowest BCUT2D eigenvalue weighted by Crippen LogP contribution is -2.30. The van der Waals surface area contributed by atoms with Crippen LogP contribution in [0.4, 0.5) is 5.95 Å². The van der Waals surface area contributed by atoms with Gasteiger partial charge >= 0.3 is 5.97 Å². The molecule has 25 heavy (non-hydrogen) atoms. The van der Waals surface area contributed by atoms with Crippen molar-refractivity contribution in [1.82, 2.24) is 14.8 Å². The molecule has 0 saturated carbocycles. The monoisotopic (exact) mass is 340 g/mol. The molecule has 1 aromatic carbocycles. The van der Waals surface area contributed by atoms with Gasteiger partial charge in [-0.15, -0.1) is 0 Å². The number of nitrogens with one attached hydrogen (secondary N) is 1. The fourth-order valence-electron chi connectivity index (χ4n) is 3.13. The average Bonchev–Trinajstić information content (AvgIpc) is 2.95. The number of carbonyl (C=O) groups excluding carboxylic acids is 1. The third-order valence-electron chi connectivity index (χ3n) is 4.23. The highest BCUT2D eigenvalue weighted by molar-refractivity contribution is 5.92. The van der Waals surface area contributed by atoms with Crippen molar-refractivity contribution in [3.05, 3.63) is 52.5 Å². The molecule has 1 aliphatic heterocycles. The summed E-state index contributed by atoms with van der Waals surface area (Å²) in [5.74, 6) is 1.03. The lowest BCUT2D eigenvalue weighted by atomic mass is 9.93. The number of ether oxygens (including phenoxy) is 1. The lowest BCUT2D eigenvalue weighted by molar-refractivity contribution is -0.139. The van der Waals surface area contributed by atoms with Gasteiger partial charge in [0.05, 0.1) is 12.2 Å². The first kappa shape index (κ1) is 17.2. The highest BCUT2D eigenvalue weighted by atomic mass is 16.5. The Kier molecular flexibility index (Phi) is 4.88. The van der Waals surface area contributed by atoms with Crippen molar-refractivity contribution in [2.45, 2.75) is 46.6 Å². The second kappa shape index (κ2) is 7.09. The van der Waals surface area contributed by atoms with Crippen molar-refractivity contribution in [3.63, 3.8) is 0 Å². The normalized spacial score (nSPS) is 16.4. The Morgan fingerprint density at radius 2 is 1.96 bits per heavy atom. The van der Waals surface area contributed by atoms with E-state index in [1.165, 1.54) is 5.56 Å². The largest absolute Gasteiger partial charge is 0.463 e. The van der Waals surface area contributed by atoms with Crippen LogP contribution in [0.5, 0.6) is 0 Å². The quantitative estimate of drug-likeness (QED) is 0.843. The number of aromatic nitrogens is 3. The Balaban J connectivity index is 2.18. The van der Waals surface area contributed by atoms with Crippen molar-refractivity contribution in [1.29, 1.82) is 0 Å². The molecule has 132 valence electrons. The number of nitrogens with zero attached hydrogens (tertiary/aromatic N) is 3. The SMILES string of the molecule is CCCC1=C(C(=O)OCC)[C@H](c2ccc(C)cc2)n2nc(C)nc2N1. The molecule has 0 saturated heterocycles. The van der Waals surface area contributed by atoms with Crippen LogP contribution in [0.15, 0.2) is 35.5 Å². The fraction of sp³-hybridized carbons (Fsp3) is 0.421. The van der Waals surface area contributed by atoms with Crippen LogP contribution in [0, 0.1) is 13.8 Å². The molecule has 0 unspecified atom stereocenters. The molecule has 0 spiro atoms. The molecular formula is C19H24N4O2. The second-order valence-corrected chi connectivity index (χ2v) is 6.23. The van der Waals surface area contributed by atoms with E-state index in [4.69, 9.17) is 4.74 Å². The van der Waals surface area contributed by atoms with Crippen LogP contribution in [0.3, 0.4) is 0 Å². The van der Waals surface area contributed by atoms with E-state index in [1.807, 2.05) is 45.0 Å². The van der Waals surface area contributed by atoms with Gasteiger partial charge < -0.3 is 10.1 Å². The molecule has 6 nitrogen and oxygen atoms in total. The molecule has 2 heterocycles. The molecular weight excluding hydrogens is 316 g/mol. The molecule has 0 radical (unpaired) electrons. The Hall–Kier alpha value is -2.63. The summed E-state index contributed by atoms with van der Waals surface area (Å²) in [7, 11) is 0. The number of esters is 1. The van der Waals surface area contributed by atoms with Crippen molar-refractivity contribution in [2.24, 2.45) is 0 Å². The molecule has 1 N–H and O–H groups in total. The molecule has 0 aliphatic carbocycles. The van der Waals surface area contributed by atoms with Gasteiger partial charge in [-0.2, -0.15) is 10.1 Å². The zero-order chi connectivity index (χ0) is 18.0. The third-order valence-corrected chi connectivity index (χ3v) is 4.23. The van der Waals surface area contributed by atoms with E-state index in [-0.39, 0.29) is 12.0 Å². The van der Waals surface area contributed by atoms with Gasteiger partial charge in [0, 0.05) is 5.70 Å². The minimum atomic E-state index is -0.335. The minimum Gasteiger partial charge on any atom is -0.463 e. The number of benzene rings is 1. The highest BCUT2D eigenvalue weighted by Gasteiger charge is 2.35. The van der Waals surface area contributed by atoms with Crippen molar-refractivity contribution in [2.75, 3.05) is 11.9 Å². The Morgan fingerprint density at radius 1 is 1.24 bits per heavy atom. The zero-order valence-electron chi connectivity index (χ0n) is 15.2. The number of rotatable bonds is 5. The molecule has 0 amide bonds. The van der Waals surface area contributed by atoms with Crippen molar-refractivity contribution < 1.29 is 9.53 Å². The summed E-state index contributed by atoms with van der Waals surface area (Å²) < 4.78 is 7.14. The van der Waals surface area contributed by atoms with Crippen LogP contribution >= 0.6 is 0 Å². The van der Waals surface area contributed by atoms with Gasteiger partial charge in [0.1, 0.15) is 11.9 Å². The van der Waals surface area contributed by atoms with Gasteiger partial charge in [-0.3, -0.25) is 0 Å². The molecule has 3 rings (SSSR count). The summed E-state index contributed by atoms with van der Waals surface area (Å²) in [5.41, 5.74) is 3.65. The van der Waals surface area contributed by atoms with E-state index in [0.29, 0.717) is 24.0 Å². The van der Waals surface area contributed by atoms with Gasteiger partial charge in [-0.25, -0.2) is 9.48 Å². The van der Waals surface area contributed by atoms with E-state index < -0.39 is 0 Å². The van der Waals surface area contributed by atoms with Crippen LogP contribution in [0.2, 0.25) is 0 Å². The highest BCUT2D eigenvalue weighted by Crippen LogP contribution is 2.37. The Labute approximate surface area is 147 Å². The smallest absolute Gasteiger partial charge is 0.338 e. The summed E-state index contributed by atoms with van der Waals surface area (Å²) >= 11 is 0. The number of hydrogen-bond donors (Lipinski definition) is 1. The van der Waals surface area contributed by atoms with Gasteiger partial charge in [0.25, 0.3) is 0 Å². The predicted molar refractivity (Wildman–Crippen MR) is 96.3 cm³/mol. The number of aryl methyl sites for hydroxylation is 2. The molecule has 2 aromatic rings. The second-order valence-electron chi connectivity index (χ2n) is 6.23. The molecule has 0 fully saturated rings. The summed E-state index contributed by atoms with van der Waals surface area (Å²) in [6, 6.07) is 7.83. The van der Waals surface area contributed by atoms with Gasteiger partial charge in [0.15, 0.2) is 0 Å². The summed E-state index contributed by atoms with van der Waals surface area (Å²) in [4.78, 5) is 17.2. The van der Waals surface area contributed by atoms with E-state index >= 15 is 0 Å². The van der Waals surface area contributed by atoms with Gasteiger partial charge in [-0.05, 0) is 32.8 Å². The van der Waals surface area contributed by atoms with E-state index in [2.05, 4.69) is 22.3 Å². The lowest BCUT2D eigenvalue weighted by Gasteiger charge is -2.29. The van der Waals surface area contributed by atoms with E-state index in [9.17, 15) is 4.79 Å². The van der Waals surface area contributed by atoms with E-state index in [1.54, 1.807) is 4.68 Å². The van der Waals surface area contributed by atoms with E-state index in [0.717, 1.165) is 24.1 Å². The fourth-order valence-corrected chi connectivity index (χ4v) is 3.13. The van der Waals surface area contributed by atoms with Gasteiger partial charge in [-0.1, -0.05) is 43.2 Å². The maximum Gasteiger partial charge on any atom is 0.338 e. The Morgan fingerprint density at radius 3 is 2.60 bits per heavy atom.